The topological polar surface area (TPSA) is 42.2 Å². The summed E-state index contributed by atoms with van der Waals surface area (Å²) in [4.78, 5) is 7.51. The Morgan fingerprint density at radius 1 is 1.45 bits per heavy atom. The zero-order valence-corrected chi connectivity index (χ0v) is 13.0. The minimum absolute atomic E-state index is 0.0790. The van der Waals surface area contributed by atoms with Crippen molar-refractivity contribution in [2.24, 2.45) is 5.73 Å². The van der Waals surface area contributed by atoms with Gasteiger partial charge < -0.3 is 5.73 Å². The lowest BCUT2D eigenvalue weighted by Crippen LogP contribution is -2.30. The van der Waals surface area contributed by atoms with Gasteiger partial charge in [-0.3, -0.25) is 4.90 Å². The highest BCUT2D eigenvalue weighted by Crippen LogP contribution is 2.25. The summed E-state index contributed by atoms with van der Waals surface area (Å²) >= 11 is 7.53. The number of hydrogen-bond acceptors (Lipinski definition) is 4. The molecule has 0 saturated carbocycles. The van der Waals surface area contributed by atoms with Gasteiger partial charge in [0.2, 0.25) is 0 Å². The van der Waals surface area contributed by atoms with Crippen molar-refractivity contribution in [2.45, 2.75) is 19.5 Å². The van der Waals surface area contributed by atoms with Gasteiger partial charge in [0.15, 0.2) is 0 Å². The van der Waals surface area contributed by atoms with Gasteiger partial charge in [0.05, 0.1) is 11.2 Å². The van der Waals surface area contributed by atoms with Crippen molar-refractivity contribution in [3.8, 4) is 0 Å². The van der Waals surface area contributed by atoms with Crippen molar-refractivity contribution in [1.29, 1.82) is 0 Å². The van der Waals surface area contributed by atoms with Gasteiger partial charge >= 0.3 is 0 Å². The van der Waals surface area contributed by atoms with E-state index in [4.69, 9.17) is 17.3 Å². The molecule has 1 unspecified atom stereocenters. The van der Waals surface area contributed by atoms with Gasteiger partial charge in [0.25, 0.3) is 0 Å². The maximum absolute atomic E-state index is 13.5. The van der Waals surface area contributed by atoms with E-state index < -0.39 is 0 Å². The molecule has 2 aromatic rings. The number of benzene rings is 1. The highest BCUT2D eigenvalue weighted by Gasteiger charge is 2.18. The quantitative estimate of drug-likeness (QED) is 0.920. The maximum Gasteiger partial charge on any atom is 0.125 e. The average molecular weight is 314 g/mol. The van der Waals surface area contributed by atoms with Crippen LogP contribution in [0.5, 0.6) is 0 Å². The lowest BCUT2D eigenvalue weighted by Gasteiger charge is -2.27. The van der Waals surface area contributed by atoms with Crippen molar-refractivity contribution in [1.82, 2.24) is 9.88 Å². The van der Waals surface area contributed by atoms with E-state index in [9.17, 15) is 4.39 Å². The molecule has 108 valence electrons. The highest BCUT2D eigenvalue weighted by molar-refractivity contribution is 7.09. The maximum atomic E-state index is 13.5. The molecule has 1 aromatic heterocycles. The molecule has 0 spiro atoms. The highest BCUT2D eigenvalue weighted by atomic mass is 35.5. The molecule has 1 heterocycles. The first-order valence-corrected chi connectivity index (χ1v) is 7.52. The SMILES string of the molecule is Cc1ncsc1CN(C)C(CN)c1cc(F)cc(Cl)c1. The Bertz CT molecular complexity index is 567. The molecule has 6 heteroatoms. The van der Waals surface area contributed by atoms with E-state index in [0.29, 0.717) is 11.6 Å². The van der Waals surface area contributed by atoms with E-state index >= 15 is 0 Å². The standard InChI is InChI=1S/C14H17ClFN3S/c1-9-14(20-8-18-9)7-19(2)13(6-17)10-3-11(15)5-12(16)4-10/h3-5,8,13H,6-7,17H2,1-2H3. The van der Waals surface area contributed by atoms with E-state index in [0.717, 1.165) is 17.8 Å². The summed E-state index contributed by atoms with van der Waals surface area (Å²) in [7, 11) is 1.97. The summed E-state index contributed by atoms with van der Waals surface area (Å²) < 4.78 is 13.5. The normalized spacial score (nSPS) is 12.9. The summed E-state index contributed by atoms with van der Waals surface area (Å²) in [5.41, 5.74) is 9.50. The molecule has 0 aliphatic heterocycles. The molecule has 0 bridgehead atoms. The van der Waals surface area contributed by atoms with Crippen molar-refractivity contribution >= 4 is 22.9 Å². The molecular formula is C14H17ClFN3S. The van der Waals surface area contributed by atoms with Gasteiger partial charge in [-0.1, -0.05) is 11.6 Å². The van der Waals surface area contributed by atoms with E-state index in [1.807, 2.05) is 19.5 Å². The minimum atomic E-state index is -0.340. The van der Waals surface area contributed by atoms with Crippen LogP contribution in [-0.4, -0.2) is 23.5 Å². The van der Waals surface area contributed by atoms with Gasteiger partial charge in [0, 0.05) is 29.0 Å². The molecule has 1 aromatic carbocycles. The van der Waals surface area contributed by atoms with Gasteiger partial charge in [-0.05, 0) is 37.7 Å². The van der Waals surface area contributed by atoms with Crippen LogP contribution in [0.25, 0.3) is 0 Å². The number of nitrogens with zero attached hydrogens (tertiary/aromatic N) is 2. The minimum Gasteiger partial charge on any atom is -0.329 e. The van der Waals surface area contributed by atoms with E-state index in [1.54, 1.807) is 17.4 Å². The molecule has 1 atom stereocenters. The third-order valence-corrected chi connectivity index (χ3v) is 4.40. The number of hydrogen-bond donors (Lipinski definition) is 1. The Kier molecular flexibility index (Phi) is 5.10. The van der Waals surface area contributed by atoms with Crippen LogP contribution in [0, 0.1) is 12.7 Å². The Hall–Kier alpha value is -1.01. The number of aryl methyl sites for hydroxylation is 1. The van der Waals surface area contributed by atoms with Crippen LogP contribution in [0.2, 0.25) is 5.02 Å². The third kappa shape index (κ3) is 3.55. The number of halogens is 2. The molecule has 0 radical (unpaired) electrons. The first-order chi connectivity index (χ1) is 9.51. The Balaban J connectivity index is 2.20. The number of likely N-dealkylation sites (N-methyl/N-ethyl adjacent to an activating group) is 1. The first-order valence-electron chi connectivity index (χ1n) is 6.26. The van der Waals surface area contributed by atoms with E-state index in [-0.39, 0.29) is 11.9 Å². The van der Waals surface area contributed by atoms with Crippen molar-refractivity contribution in [3.05, 3.63) is 50.7 Å². The molecule has 0 amide bonds. The predicted molar refractivity (Wildman–Crippen MR) is 81.5 cm³/mol. The second-order valence-corrected chi connectivity index (χ2v) is 6.11. The fourth-order valence-corrected chi connectivity index (χ4v) is 3.22. The van der Waals surface area contributed by atoms with Crippen LogP contribution in [-0.2, 0) is 6.54 Å². The molecular weight excluding hydrogens is 297 g/mol. The van der Waals surface area contributed by atoms with Crippen LogP contribution < -0.4 is 5.73 Å². The molecule has 0 aliphatic carbocycles. The van der Waals surface area contributed by atoms with E-state index in [1.165, 1.54) is 17.0 Å². The van der Waals surface area contributed by atoms with Crippen LogP contribution in [0.4, 0.5) is 4.39 Å². The van der Waals surface area contributed by atoms with Crippen LogP contribution in [0.15, 0.2) is 23.7 Å². The van der Waals surface area contributed by atoms with Gasteiger partial charge in [-0.2, -0.15) is 0 Å². The smallest absolute Gasteiger partial charge is 0.125 e. The van der Waals surface area contributed by atoms with Gasteiger partial charge in [-0.25, -0.2) is 9.37 Å². The summed E-state index contributed by atoms with van der Waals surface area (Å²) in [5, 5.41) is 0.390. The summed E-state index contributed by atoms with van der Waals surface area (Å²) in [6, 6.07) is 4.47. The summed E-state index contributed by atoms with van der Waals surface area (Å²) in [6.45, 7) is 3.11. The number of nitrogens with two attached hydrogens (primary N) is 1. The monoisotopic (exact) mass is 313 g/mol. The zero-order chi connectivity index (χ0) is 14.7. The van der Waals surface area contributed by atoms with Crippen LogP contribution in [0.1, 0.15) is 22.2 Å². The average Bonchev–Trinajstić information content (AvgIpc) is 2.74. The Labute approximate surface area is 127 Å². The fraction of sp³-hybridized carbons (Fsp3) is 0.357. The number of rotatable bonds is 5. The summed E-state index contributed by atoms with van der Waals surface area (Å²) in [5.74, 6) is -0.340. The van der Waals surface area contributed by atoms with Gasteiger partial charge in [-0.15, -0.1) is 11.3 Å². The second-order valence-electron chi connectivity index (χ2n) is 4.73. The largest absolute Gasteiger partial charge is 0.329 e. The molecule has 0 aliphatic rings. The molecule has 2 N–H and O–H groups in total. The summed E-state index contributed by atoms with van der Waals surface area (Å²) in [6.07, 6.45) is 0. The molecule has 20 heavy (non-hydrogen) atoms. The zero-order valence-electron chi connectivity index (χ0n) is 11.4. The molecule has 0 saturated heterocycles. The molecule has 0 fully saturated rings. The van der Waals surface area contributed by atoms with E-state index in [2.05, 4.69) is 9.88 Å². The van der Waals surface area contributed by atoms with Crippen molar-refractivity contribution < 1.29 is 4.39 Å². The molecule has 2 rings (SSSR count). The number of thiazole rings is 1. The predicted octanol–water partition coefficient (Wildman–Crippen LogP) is 3.38. The van der Waals surface area contributed by atoms with Gasteiger partial charge in [0.1, 0.15) is 5.82 Å². The number of aromatic nitrogens is 1. The Morgan fingerprint density at radius 2 is 2.20 bits per heavy atom. The first kappa shape index (κ1) is 15.4. The Morgan fingerprint density at radius 3 is 2.75 bits per heavy atom. The van der Waals surface area contributed by atoms with Crippen molar-refractivity contribution in [3.63, 3.8) is 0 Å². The van der Waals surface area contributed by atoms with Crippen molar-refractivity contribution in [2.75, 3.05) is 13.6 Å². The lowest BCUT2D eigenvalue weighted by atomic mass is 10.1. The lowest BCUT2D eigenvalue weighted by molar-refractivity contribution is 0.243. The van der Waals surface area contributed by atoms with Crippen LogP contribution in [0.3, 0.4) is 0 Å². The van der Waals surface area contributed by atoms with Crippen LogP contribution >= 0.6 is 22.9 Å². The fourth-order valence-electron chi connectivity index (χ4n) is 2.15. The third-order valence-electron chi connectivity index (χ3n) is 3.26. The molecule has 3 nitrogen and oxygen atoms in total. The second kappa shape index (κ2) is 6.63.